The van der Waals surface area contributed by atoms with Crippen LogP contribution in [0.4, 0.5) is 0 Å². The molecule has 0 spiro atoms. The Kier molecular flexibility index (Phi) is 14.8. The average Bonchev–Trinajstić information content (AvgIpc) is 3.27. The molecule has 8 nitrogen and oxygen atoms in total. The van der Waals surface area contributed by atoms with E-state index in [9.17, 15) is 19.2 Å². The first-order chi connectivity index (χ1) is 17.1. The van der Waals surface area contributed by atoms with Gasteiger partial charge in [0, 0.05) is 11.1 Å². The Morgan fingerprint density at radius 3 is 1.25 bits per heavy atom. The molecule has 2 fully saturated rings. The Labute approximate surface area is 215 Å². The van der Waals surface area contributed by atoms with Crippen molar-refractivity contribution in [1.29, 1.82) is 0 Å². The molecule has 2 rings (SSSR count). The number of ether oxygens (including phenoxy) is 2. The maximum Gasteiger partial charge on any atom is 0.334 e. The van der Waals surface area contributed by atoms with Crippen LogP contribution in [0.3, 0.4) is 0 Å². The molecule has 0 bridgehead atoms. The molecule has 2 aliphatic rings. The molecular weight excluding hydrogens is 464 g/mol. The molecule has 204 valence electrons. The van der Waals surface area contributed by atoms with Gasteiger partial charge >= 0.3 is 23.9 Å². The number of hydrogen-bond acceptors (Lipinski definition) is 6. The highest BCUT2D eigenvalue weighted by molar-refractivity contribution is 5.98. The van der Waals surface area contributed by atoms with Crippen LogP contribution >= 0.6 is 0 Å². The Morgan fingerprint density at radius 2 is 0.944 bits per heavy atom. The molecule has 0 aromatic heterocycles. The summed E-state index contributed by atoms with van der Waals surface area (Å²) in [7, 11) is 0. The number of carbonyl (C=O) groups excluding carboxylic acids is 2. The summed E-state index contributed by atoms with van der Waals surface area (Å²) in [5.74, 6) is -4.85. The minimum absolute atomic E-state index is 0.0819. The molecule has 0 saturated carbocycles. The third-order valence-corrected chi connectivity index (χ3v) is 6.75. The highest BCUT2D eigenvalue weighted by Crippen LogP contribution is 2.31. The first-order valence-electron chi connectivity index (χ1n) is 13.4. The fourth-order valence-electron chi connectivity index (χ4n) is 4.58. The molecule has 2 heterocycles. The van der Waals surface area contributed by atoms with E-state index in [0.29, 0.717) is 12.8 Å². The quantitative estimate of drug-likeness (QED) is 0.151. The number of carbonyl (C=O) groups is 4. The predicted molar refractivity (Wildman–Crippen MR) is 136 cm³/mol. The minimum atomic E-state index is -1.01. The van der Waals surface area contributed by atoms with Crippen LogP contribution in [0, 0.1) is 11.8 Å². The summed E-state index contributed by atoms with van der Waals surface area (Å²) in [6.45, 7) is 11.3. The van der Waals surface area contributed by atoms with E-state index in [1.54, 1.807) is 0 Å². The molecule has 0 radical (unpaired) electrons. The first-order valence-corrected chi connectivity index (χ1v) is 13.4. The van der Waals surface area contributed by atoms with Gasteiger partial charge in [-0.25, -0.2) is 9.59 Å². The first kappa shape index (κ1) is 31.4. The molecule has 4 unspecified atom stereocenters. The molecular formula is C28H44O8. The van der Waals surface area contributed by atoms with E-state index in [1.807, 2.05) is 0 Å². The number of rotatable bonds is 16. The zero-order valence-corrected chi connectivity index (χ0v) is 22.0. The van der Waals surface area contributed by atoms with Crippen molar-refractivity contribution in [3.05, 3.63) is 24.3 Å². The van der Waals surface area contributed by atoms with Gasteiger partial charge in [-0.3, -0.25) is 9.59 Å². The van der Waals surface area contributed by atoms with E-state index in [4.69, 9.17) is 19.7 Å². The van der Waals surface area contributed by atoms with E-state index in [0.717, 1.165) is 38.5 Å². The van der Waals surface area contributed by atoms with E-state index >= 15 is 0 Å². The normalized spacial score (nSPS) is 23.2. The maximum atomic E-state index is 11.3. The van der Waals surface area contributed by atoms with E-state index in [1.165, 1.54) is 38.5 Å². The van der Waals surface area contributed by atoms with Gasteiger partial charge in [-0.1, -0.05) is 91.2 Å². The SMILES string of the molecule is C=C1C(=O)OC(CCCCCCCC)C1C(=O)O.C=C1C(=O)OC(CCCCCCCC)C1C(=O)O. The second kappa shape index (κ2) is 16.9. The van der Waals surface area contributed by atoms with Gasteiger partial charge < -0.3 is 19.7 Å². The molecule has 36 heavy (non-hydrogen) atoms. The Bertz CT molecular complexity index is 708. The minimum Gasteiger partial charge on any atom is -0.481 e. The highest BCUT2D eigenvalue weighted by atomic mass is 16.6. The smallest absolute Gasteiger partial charge is 0.334 e. The third kappa shape index (κ3) is 10.2. The maximum absolute atomic E-state index is 11.3. The van der Waals surface area contributed by atoms with Gasteiger partial charge in [0.05, 0.1) is 0 Å². The van der Waals surface area contributed by atoms with Crippen LogP contribution in [0.5, 0.6) is 0 Å². The summed E-state index contributed by atoms with van der Waals surface area (Å²) in [4.78, 5) is 44.7. The number of carboxylic acid groups (broad SMARTS) is 2. The fourth-order valence-corrected chi connectivity index (χ4v) is 4.58. The van der Waals surface area contributed by atoms with Gasteiger partial charge in [-0.15, -0.1) is 0 Å². The lowest BCUT2D eigenvalue weighted by Gasteiger charge is -2.13. The van der Waals surface area contributed by atoms with Gasteiger partial charge in [0.15, 0.2) is 0 Å². The summed E-state index contributed by atoms with van der Waals surface area (Å²) < 4.78 is 10.1. The summed E-state index contributed by atoms with van der Waals surface area (Å²) in [5, 5.41) is 18.1. The second-order valence-electron chi connectivity index (χ2n) is 9.68. The largest absolute Gasteiger partial charge is 0.481 e. The number of aliphatic carboxylic acids is 2. The van der Waals surface area contributed by atoms with Crippen molar-refractivity contribution in [3.63, 3.8) is 0 Å². The molecule has 0 amide bonds. The zero-order chi connectivity index (χ0) is 27.1. The van der Waals surface area contributed by atoms with Crippen molar-refractivity contribution in [2.75, 3.05) is 0 Å². The lowest BCUT2D eigenvalue weighted by Crippen LogP contribution is -2.24. The van der Waals surface area contributed by atoms with Crippen LogP contribution in [0.15, 0.2) is 24.3 Å². The lowest BCUT2D eigenvalue weighted by atomic mass is 9.93. The Morgan fingerprint density at radius 1 is 0.639 bits per heavy atom. The summed E-state index contributed by atoms with van der Waals surface area (Å²) in [6, 6.07) is 0. The molecule has 2 aliphatic heterocycles. The van der Waals surface area contributed by atoms with Crippen molar-refractivity contribution in [2.24, 2.45) is 11.8 Å². The van der Waals surface area contributed by atoms with Crippen molar-refractivity contribution < 1.29 is 38.9 Å². The molecule has 4 atom stereocenters. The van der Waals surface area contributed by atoms with Gasteiger partial charge in [0.1, 0.15) is 24.0 Å². The summed E-state index contributed by atoms with van der Waals surface area (Å²) >= 11 is 0. The van der Waals surface area contributed by atoms with E-state index in [-0.39, 0.29) is 11.1 Å². The van der Waals surface area contributed by atoms with E-state index < -0.39 is 47.9 Å². The number of hydrogen-bond donors (Lipinski definition) is 2. The molecule has 0 aliphatic carbocycles. The van der Waals surface area contributed by atoms with E-state index in [2.05, 4.69) is 27.0 Å². The molecule has 2 saturated heterocycles. The Balaban J connectivity index is 0.000000360. The third-order valence-electron chi connectivity index (χ3n) is 6.75. The van der Waals surface area contributed by atoms with Gasteiger partial charge in [0.2, 0.25) is 0 Å². The fraction of sp³-hybridized carbons (Fsp3) is 0.714. The standard InChI is InChI=1S/2C14H22O4/c2*1-3-4-5-6-7-8-9-11-12(13(15)16)10(2)14(17)18-11/h2*11-12H,2-9H2,1H3,(H,15,16). The molecule has 8 heteroatoms. The van der Waals surface area contributed by atoms with Crippen LogP contribution in [-0.2, 0) is 28.7 Å². The van der Waals surface area contributed by atoms with Crippen molar-refractivity contribution in [2.45, 2.75) is 116 Å². The van der Waals surface area contributed by atoms with Crippen molar-refractivity contribution in [1.82, 2.24) is 0 Å². The summed E-state index contributed by atoms with van der Waals surface area (Å²) in [6.07, 6.45) is 13.8. The number of cyclic esters (lactones) is 2. The van der Waals surface area contributed by atoms with Crippen LogP contribution in [-0.4, -0.2) is 46.3 Å². The zero-order valence-electron chi connectivity index (χ0n) is 22.0. The number of esters is 2. The topological polar surface area (TPSA) is 127 Å². The Hall–Kier alpha value is -2.64. The molecule has 0 aromatic rings. The monoisotopic (exact) mass is 508 g/mol. The number of carboxylic acids is 2. The summed E-state index contributed by atoms with van der Waals surface area (Å²) in [5.41, 5.74) is 0.164. The average molecular weight is 509 g/mol. The second-order valence-corrected chi connectivity index (χ2v) is 9.68. The van der Waals surface area contributed by atoms with Crippen LogP contribution in [0.2, 0.25) is 0 Å². The van der Waals surface area contributed by atoms with Gasteiger partial charge in [-0.05, 0) is 25.7 Å². The van der Waals surface area contributed by atoms with Crippen LogP contribution in [0.25, 0.3) is 0 Å². The van der Waals surface area contributed by atoms with Crippen LogP contribution in [0.1, 0.15) is 104 Å². The van der Waals surface area contributed by atoms with Crippen molar-refractivity contribution >= 4 is 23.9 Å². The molecule has 0 aromatic carbocycles. The van der Waals surface area contributed by atoms with Crippen molar-refractivity contribution in [3.8, 4) is 0 Å². The van der Waals surface area contributed by atoms with Gasteiger partial charge in [-0.2, -0.15) is 0 Å². The number of unbranched alkanes of at least 4 members (excludes halogenated alkanes) is 10. The molecule has 2 N–H and O–H groups in total. The van der Waals surface area contributed by atoms with Crippen LogP contribution < -0.4 is 0 Å². The van der Waals surface area contributed by atoms with Gasteiger partial charge in [0.25, 0.3) is 0 Å². The lowest BCUT2D eigenvalue weighted by molar-refractivity contribution is -0.146. The predicted octanol–water partition coefficient (Wildman–Crippen LogP) is 5.84. The highest BCUT2D eigenvalue weighted by Gasteiger charge is 2.43.